The first-order valence-electron chi connectivity index (χ1n) is 7.41. The van der Waals surface area contributed by atoms with E-state index < -0.39 is 5.41 Å². The zero-order chi connectivity index (χ0) is 16.2. The van der Waals surface area contributed by atoms with Gasteiger partial charge in [-0.25, -0.2) is 0 Å². The lowest BCUT2D eigenvalue weighted by molar-refractivity contribution is -0.129. The topological polar surface area (TPSA) is 38.3 Å². The van der Waals surface area contributed by atoms with E-state index in [4.69, 9.17) is 4.74 Å². The maximum absolute atomic E-state index is 12.4. The highest BCUT2D eigenvalue weighted by Gasteiger charge is 2.25. The van der Waals surface area contributed by atoms with Crippen molar-refractivity contribution in [3.63, 3.8) is 0 Å². The Bertz CT molecular complexity index is 612. The van der Waals surface area contributed by atoms with Crippen LogP contribution in [0.4, 0.5) is 0 Å². The van der Waals surface area contributed by atoms with Crippen LogP contribution in [0.15, 0.2) is 54.6 Å². The van der Waals surface area contributed by atoms with Gasteiger partial charge in [0.2, 0.25) is 5.91 Å². The zero-order valence-electron chi connectivity index (χ0n) is 13.6. The van der Waals surface area contributed by atoms with Crippen molar-refractivity contribution in [3.8, 4) is 5.75 Å². The van der Waals surface area contributed by atoms with Gasteiger partial charge in [-0.1, -0.05) is 63.2 Å². The average molecular weight is 297 g/mol. The number of rotatable bonds is 4. The summed E-state index contributed by atoms with van der Waals surface area (Å²) in [5.74, 6) is 0.829. The lowest BCUT2D eigenvalue weighted by atomic mass is 9.92. The number of hydrogen-bond acceptors (Lipinski definition) is 2. The highest BCUT2D eigenvalue weighted by atomic mass is 16.5. The van der Waals surface area contributed by atoms with Crippen LogP contribution in [0.25, 0.3) is 0 Å². The molecule has 0 aromatic heterocycles. The third-order valence-electron chi connectivity index (χ3n) is 3.54. The molecule has 22 heavy (non-hydrogen) atoms. The zero-order valence-corrected chi connectivity index (χ0v) is 13.6. The summed E-state index contributed by atoms with van der Waals surface area (Å²) >= 11 is 0. The van der Waals surface area contributed by atoms with Crippen molar-refractivity contribution in [2.24, 2.45) is 5.41 Å². The SMILES string of the molecule is COc1ccc([C@@H](NC(=O)C(C)(C)C)c2ccccc2)cc1. The van der Waals surface area contributed by atoms with E-state index in [1.165, 1.54) is 0 Å². The number of benzene rings is 2. The molecule has 0 radical (unpaired) electrons. The maximum atomic E-state index is 12.4. The summed E-state index contributed by atoms with van der Waals surface area (Å²) < 4.78 is 5.20. The fourth-order valence-corrected chi connectivity index (χ4v) is 2.15. The van der Waals surface area contributed by atoms with Gasteiger partial charge in [0.15, 0.2) is 0 Å². The first-order valence-corrected chi connectivity index (χ1v) is 7.41. The summed E-state index contributed by atoms with van der Waals surface area (Å²) in [6.07, 6.45) is 0. The summed E-state index contributed by atoms with van der Waals surface area (Å²) in [7, 11) is 1.64. The first-order chi connectivity index (χ1) is 10.4. The molecule has 116 valence electrons. The van der Waals surface area contributed by atoms with Crippen LogP contribution < -0.4 is 10.1 Å². The van der Waals surface area contributed by atoms with Gasteiger partial charge < -0.3 is 10.1 Å². The largest absolute Gasteiger partial charge is 0.497 e. The van der Waals surface area contributed by atoms with Crippen molar-refractivity contribution < 1.29 is 9.53 Å². The molecule has 0 aliphatic rings. The van der Waals surface area contributed by atoms with Crippen molar-refractivity contribution in [3.05, 3.63) is 65.7 Å². The molecule has 0 unspecified atom stereocenters. The van der Waals surface area contributed by atoms with Gasteiger partial charge in [0.05, 0.1) is 13.2 Å². The second-order valence-corrected chi connectivity index (χ2v) is 6.34. The summed E-state index contributed by atoms with van der Waals surface area (Å²) in [5, 5.41) is 3.15. The highest BCUT2D eigenvalue weighted by Crippen LogP contribution is 2.26. The summed E-state index contributed by atoms with van der Waals surface area (Å²) in [6, 6.07) is 17.6. The van der Waals surface area contributed by atoms with Crippen molar-refractivity contribution in [2.75, 3.05) is 7.11 Å². The van der Waals surface area contributed by atoms with Crippen LogP contribution in [-0.2, 0) is 4.79 Å². The predicted molar refractivity (Wildman–Crippen MR) is 88.9 cm³/mol. The molecule has 2 aromatic rings. The van der Waals surface area contributed by atoms with Gasteiger partial charge in [-0.2, -0.15) is 0 Å². The Morgan fingerprint density at radius 1 is 0.955 bits per heavy atom. The molecule has 0 saturated heterocycles. The van der Waals surface area contributed by atoms with Gasteiger partial charge in [0.1, 0.15) is 5.75 Å². The summed E-state index contributed by atoms with van der Waals surface area (Å²) in [4.78, 5) is 12.4. The molecule has 2 aromatic carbocycles. The molecule has 0 aliphatic heterocycles. The molecule has 0 bridgehead atoms. The second kappa shape index (κ2) is 6.65. The lowest BCUT2D eigenvalue weighted by Gasteiger charge is -2.25. The molecular formula is C19H23NO2. The van der Waals surface area contributed by atoms with Crippen LogP contribution in [0.5, 0.6) is 5.75 Å². The molecule has 0 fully saturated rings. The van der Waals surface area contributed by atoms with E-state index in [2.05, 4.69) is 5.32 Å². The number of carbonyl (C=O) groups is 1. The fourth-order valence-electron chi connectivity index (χ4n) is 2.15. The van der Waals surface area contributed by atoms with E-state index in [9.17, 15) is 4.79 Å². The first kappa shape index (κ1) is 16.1. The smallest absolute Gasteiger partial charge is 0.226 e. The van der Waals surface area contributed by atoms with Crippen molar-refractivity contribution in [1.29, 1.82) is 0 Å². The molecule has 2 rings (SSSR count). The van der Waals surface area contributed by atoms with E-state index in [0.29, 0.717) is 0 Å². The molecule has 0 heterocycles. The lowest BCUT2D eigenvalue weighted by Crippen LogP contribution is -2.37. The number of amides is 1. The molecule has 3 heteroatoms. The quantitative estimate of drug-likeness (QED) is 0.928. The normalized spacial score (nSPS) is 12.5. The third kappa shape index (κ3) is 3.88. The summed E-state index contributed by atoms with van der Waals surface area (Å²) in [5.41, 5.74) is 1.66. The van der Waals surface area contributed by atoms with Crippen molar-refractivity contribution in [1.82, 2.24) is 5.32 Å². The Morgan fingerprint density at radius 2 is 1.50 bits per heavy atom. The maximum Gasteiger partial charge on any atom is 0.226 e. The Kier molecular flexibility index (Phi) is 4.86. The van der Waals surface area contributed by atoms with Crippen LogP contribution in [0, 0.1) is 5.41 Å². The van der Waals surface area contributed by atoms with E-state index in [1.54, 1.807) is 7.11 Å². The molecule has 3 nitrogen and oxygen atoms in total. The van der Waals surface area contributed by atoms with E-state index in [1.807, 2.05) is 75.4 Å². The Labute approximate surface area is 132 Å². The number of nitrogens with one attached hydrogen (secondary N) is 1. The van der Waals surface area contributed by atoms with Gasteiger partial charge in [-0.15, -0.1) is 0 Å². The van der Waals surface area contributed by atoms with Gasteiger partial charge in [0.25, 0.3) is 0 Å². The van der Waals surface area contributed by atoms with E-state index >= 15 is 0 Å². The molecule has 0 aliphatic carbocycles. The molecule has 1 atom stereocenters. The van der Waals surface area contributed by atoms with Gasteiger partial charge in [-0.3, -0.25) is 4.79 Å². The minimum Gasteiger partial charge on any atom is -0.497 e. The molecule has 0 spiro atoms. The molecule has 0 saturated carbocycles. The minimum absolute atomic E-state index is 0.0252. The Hall–Kier alpha value is -2.29. The second-order valence-electron chi connectivity index (χ2n) is 6.34. The van der Waals surface area contributed by atoms with Crippen LogP contribution in [0.2, 0.25) is 0 Å². The van der Waals surface area contributed by atoms with Crippen LogP contribution in [-0.4, -0.2) is 13.0 Å². The highest BCUT2D eigenvalue weighted by molar-refractivity contribution is 5.82. The fraction of sp³-hybridized carbons (Fsp3) is 0.316. The molecular weight excluding hydrogens is 274 g/mol. The molecule has 1 N–H and O–H groups in total. The average Bonchev–Trinajstić information content (AvgIpc) is 2.52. The van der Waals surface area contributed by atoms with Crippen molar-refractivity contribution >= 4 is 5.91 Å². The number of methoxy groups -OCH3 is 1. The standard InChI is InChI=1S/C19H23NO2/c1-19(2,3)18(21)20-17(14-8-6-5-7-9-14)15-10-12-16(22-4)13-11-15/h5-13,17H,1-4H3,(H,20,21)/t17-/m0/s1. The van der Waals surface area contributed by atoms with E-state index in [0.717, 1.165) is 16.9 Å². The van der Waals surface area contributed by atoms with Gasteiger partial charge in [0, 0.05) is 5.41 Å². The summed E-state index contributed by atoms with van der Waals surface area (Å²) in [6.45, 7) is 5.75. The van der Waals surface area contributed by atoms with Gasteiger partial charge in [-0.05, 0) is 23.3 Å². The predicted octanol–water partition coefficient (Wildman–Crippen LogP) is 3.95. The van der Waals surface area contributed by atoms with Crippen molar-refractivity contribution in [2.45, 2.75) is 26.8 Å². The number of ether oxygens (including phenoxy) is 1. The Morgan fingerprint density at radius 3 is 2.00 bits per heavy atom. The van der Waals surface area contributed by atoms with Crippen LogP contribution in [0.3, 0.4) is 0 Å². The molecule has 1 amide bonds. The monoisotopic (exact) mass is 297 g/mol. The van der Waals surface area contributed by atoms with Gasteiger partial charge >= 0.3 is 0 Å². The Balaban J connectivity index is 2.35. The van der Waals surface area contributed by atoms with E-state index in [-0.39, 0.29) is 11.9 Å². The van der Waals surface area contributed by atoms with Crippen LogP contribution >= 0.6 is 0 Å². The number of carbonyl (C=O) groups excluding carboxylic acids is 1. The minimum atomic E-state index is -0.431. The third-order valence-corrected chi connectivity index (χ3v) is 3.54. The number of hydrogen-bond donors (Lipinski definition) is 1. The van der Waals surface area contributed by atoms with Crippen LogP contribution in [0.1, 0.15) is 37.9 Å².